The Morgan fingerprint density at radius 3 is 2.26 bits per heavy atom. The molecule has 1 amide bonds. The molecule has 27 heavy (non-hydrogen) atoms. The molecular formula is C20H17BrN2O2S2. The van der Waals surface area contributed by atoms with Crippen LogP contribution in [0.1, 0.15) is 20.9 Å². The molecule has 138 valence electrons. The average molecular weight is 461 g/mol. The highest BCUT2D eigenvalue weighted by Crippen LogP contribution is 2.28. The van der Waals surface area contributed by atoms with Gasteiger partial charge in [-0.3, -0.25) is 9.59 Å². The van der Waals surface area contributed by atoms with Crippen molar-refractivity contribution in [2.45, 2.75) is 17.7 Å². The summed E-state index contributed by atoms with van der Waals surface area (Å²) in [5.74, 6) is -0.0208. The number of nitrogens with two attached hydrogens (primary N) is 1. The van der Waals surface area contributed by atoms with E-state index in [1.807, 2.05) is 55.5 Å². The summed E-state index contributed by atoms with van der Waals surface area (Å²) in [5, 5.41) is 0. The summed E-state index contributed by atoms with van der Waals surface area (Å²) in [6, 6.07) is 15.7. The summed E-state index contributed by atoms with van der Waals surface area (Å²) < 4.78 is 1.81. The van der Waals surface area contributed by atoms with E-state index in [2.05, 4.69) is 20.9 Å². The highest BCUT2D eigenvalue weighted by atomic mass is 79.9. The van der Waals surface area contributed by atoms with Crippen LogP contribution in [0.15, 0.2) is 57.3 Å². The number of aromatic nitrogens is 1. The molecule has 0 spiro atoms. The van der Waals surface area contributed by atoms with E-state index in [9.17, 15) is 9.59 Å². The van der Waals surface area contributed by atoms with E-state index in [0.29, 0.717) is 11.3 Å². The fourth-order valence-electron chi connectivity index (χ4n) is 2.49. The third-order valence-electron chi connectivity index (χ3n) is 3.92. The topological polar surface area (TPSA) is 73.1 Å². The quantitative estimate of drug-likeness (QED) is 0.402. The molecule has 7 heteroatoms. The van der Waals surface area contributed by atoms with Crippen LogP contribution in [-0.2, 0) is 11.2 Å². The molecule has 1 aromatic heterocycles. The van der Waals surface area contributed by atoms with Crippen molar-refractivity contribution in [2.75, 3.05) is 5.75 Å². The molecule has 0 bridgehead atoms. The van der Waals surface area contributed by atoms with Gasteiger partial charge in [-0.05, 0) is 30.2 Å². The molecule has 0 saturated carbocycles. The summed E-state index contributed by atoms with van der Waals surface area (Å²) in [6.45, 7) is 1.85. The van der Waals surface area contributed by atoms with Crippen molar-refractivity contribution in [1.29, 1.82) is 0 Å². The lowest BCUT2D eigenvalue weighted by Gasteiger charge is -2.04. The first-order valence-electron chi connectivity index (χ1n) is 8.19. The number of halogens is 1. The van der Waals surface area contributed by atoms with E-state index < -0.39 is 0 Å². The monoisotopic (exact) mass is 460 g/mol. The second-order valence-corrected chi connectivity index (χ2v) is 9.15. The molecule has 0 aliphatic carbocycles. The number of hydrogen-bond donors (Lipinski definition) is 1. The summed E-state index contributed by atoms with van der Waals surface area (Å²) in [7, 11) is 0. The van der Waals surface area contributed by atoms with Crippen LogP contribution in [0.3, 0.4) is 0 Å². The number of hydrogen-bond acceptors (Lipinski definition) is 5. The zero-order chi connectivity index (χ0) is 19.4. The Balaban J connectivity index is 1.63. The number of nitrogens with zero attached hydrogens (tertiary/aromatic N) is 1. The number of aryl methyl sites for hydroxylation is 1. The highest BCUT2D eigenvalue weighted by Gasteiger charge is 2.13. The molecule has 1 heterocycles. The number of thioether (sulfide) groups is 1. The third kappa shape index (κ3) is 5.28. The zero-order valence-electron chi connectivity index (χ0n) is 14.6. The molecule has 3 rings (SSSR count). The third-order valence-corrected chi connectivity index (χ3v) is 6.75. The van der Waals surface area contributed by atoms with Crippen molar-refractivity contribution >= 4 is 50.7 Å². The predicted molar refractivity (Wildman–Crippen MR) is 114 cm³/mol. The fourth-order valence-corrected chi connectivity index (χ4v) is 4.89. The minimum atomic E-state index is -0.375. The van der Waals surface area contributed by atoms with Crippen LogP contribution in [0.4, 0.5) is 0 Å². The Morgan fingerprint density at radius 1 is 1.07 bits per heavy atom. The van der Waals surface area contributed by atoms with E-state index in [0.717, 1.165) is 30.5 Å². The average Bonchev–Trinajstić information content (AvgIpc) is 2.99. The number of ketones is 1. The lowest BCUT2D eigenvalue weighted by molar-refractivity contribution is -0.117. The molecule has 0 atom stereocenters. The van der Waals surface area contributed by atoms with Gasteiger partial charge in [0.2, 0.25) is 5.91 Å². The number of carbonyl (C=O) groups is 2. The van der Waals surface area contributed by atoms with Gasteiger partial charge in [0, 0.05) is 14.9 Å². The maximum Gasteiger partial charge on any atom is 0.222 e. The maximum atomic E-state index is 12.5. The van der Waals surface area contributed by atoms with Crippen molar-refractivity contribution < 1.29 is 9.59 Å². The van der Waals surface area contributed by atoms with E-state index in [-0.39, 0.29) is 18.1 Å². The summed E-state index contributed by atoms with van der Waals surface area (Å²) >= 11 is 6.24. The van der Waals surface area contributed by atoms with Crippen LogP contribution in [0, 0.1) is 6.92 Å². The second-order valence-electron chi connectivity index (χ2n) is 5.93. The minimum Gasteiger partial charge on any atom is -0.369 e. The van der Waals surface area contributed by atoms with Gasteiger partial charge in [0.15, 0.2) is 10.1 Å². The van der Waals surface area contributed by atoms with Gasteiger partial charge < -0.3 is 5.73 Å². The van der Waals surface area contributed by atoms with Crippen molar-refractivity contribution in [3.05, 3.63) is 69.1 Å². The first-order valence-corrected chi connectivity index (χ1v) is 10.8. The van der Waals surface area contributed by atoms with Crippen molar-refractivity contribution in [3.8, 4) is 11.1 Å². The van der Waals surface area contributed by atoms with E-state index in [1.165, 1.54) is 23.1 Å². The van der Waals surface area contributed by atoms with Crippen LogP contribution >= 0.6 is 39.0 Å². The van der Waals surface area contributed by atoms with Crippen molar-refractivity contribution in [2.24, 2.45) is 5.73 Å². The van der Waals surface area contributed by atoms with Crippen LogP contribution in [0.2, 0.25) is 0 Å². The van der Waals surface area contributed by atoms with Gasteiger partial charge in [-0.25, -0.2) is 4.98 Å². The first-order chi connectivity index (χ1) is 12.9. The lowest BCUT2D eigenvalue weighted by Crippen LogP contribution is -2.13. The number of primary amides is 1. The SMILES string of the molecule is Cc1nc(SCC(=O)c2ccc(-c3ccc(Br)cc3)cc2)sc1CC(N)=O. The Hall–Kier alpha value is -1.96. The molecule has 0 fully saturated rings. The van der Waals surface area contributed by atoms with Crippen LogP contribution in [0.5, 0.6) is 0 Å². The van der Waals surface area contributed by atoms with Crippen LogP contribution < -0.4 is 5.73 Å². The van der Waals surface area contributed by atoms with Gasteiger partial charge in [0.25, 0.3) is 0 Å². The summed E-state index contributed by atoms with van der Waals surface area (Å²) in [6.07, 6.45) is 0.190. The molecule has 0 unspecified atom stereocenters. The fraction of sp³-hybridized carbons (Fsp3) is 0.150. The van der Waals surface area contributed by atoms with Gasteiger partial charge in [-0.2, -0.15) is 0 Å². The molecule has 2 aromatic carbocycles. The van der Waals surface area contributed by atoms with E-state index in [4.69, 9.17) is 5.73 Å². The molecule has 0 aliphatic heterocycles. The second kappa shape index (κ2) is 8.82. The van der Waals surface area contributed by atoms with Gasteiger partial charge >= 0.3 is 0 Å². The largest absolute Gasteiger partial charge is 0.369 e. The van der Waals surface area contributed by atoms with Gasteiger partial charge in [-0.1, -0.05) is 64.1 Å². The number of carbonyl (C=O) groups excluding carboxylic acids is 2. The first kappa shape index (κ1) is 19.8. The highest BCUT2D eigenvalue weighted by molar-refractivity contribution is 9.10. The molecule has 2 N–H and O–H groups in total. The summed E-state index contributed by atoms with van der Waals surface area (Å²) in [5.41, 5.74) is 8.88. The molecule has 3 aromatic rings. The Bertz CT molecular complexity index is 967. The lowest BCUT2D eigenvalue weighted by atomic mass is 10.0. The van der Waals surface area contributed by atoms with Crippen molar-refractivity contribution in [1.82, 2.24) is 4.98 Å². The van der Waals surface area contributed by atoms with Crippen LogP contribution in [0.25, 0.3) is 11.1 Å². The summed E-state index contributed by atoms with van der Waals surface area (Å²) in [4.78, 5) is 28.8. The Morgan fingerprint density at radius 2 is 1.67 bits per heavy atom. The number of amides is 1. The number of thiazole rings is 1. The maximum absolute atomic E-state index is 12.5. The standard InChI is InChI=1S/C20H17BrN2O2S2/c1-12-18(10-19(22)25)27-20(23-12)26-11-17(24)15-4-2-13(3-5-15)14-6-8-16(21)9-7-14/h2-9H,10-11H2,1H3,(H2,22,25). The molecule has 4 nitrogen and oxygen atoms in total. The van der Waals surface area contributed by atoms with Gasteiger partial charge in [-0.15, -0.1) is 11.3 Å². The number of benzene rings is 2. The van der Waals surface area contributed by atoms with E-state index in [1.54, 1.807) is 0 Å². The number of Topliss-reactive ketones (excluding diaryl/α,β-unsaturated/α-hetero) is 1. The normalized spacial score (nSPS) is 10.7. The Labute approximate surface area is 174 Å². The zero-order valence-corrected chi connectivity index (χ0v) is 17.8. The molecule has 0 saturated heterocycles. The molecule has 0 radical (unpaired) electrons. The van der Waals surface area contributed by atoms with E-state index >= 15 is 0 Å². The van der Waals surface area contributed by atoms with Gasteiger partial charge in [0.1, 0.15) is 0 Å². The van der Waals surface area contributed by atoms with Crippen LogP contribution in [-0.4, -0.2) is 22.4 Å². The Kier molecular flexibility index (Phi) is 6.46. The molecule has 0 aliphatic rings. The van der Waals surface area contributed by atoms with Gasteiger partial charge in [0.05, 0.1) is 17.9 Å². The minimum absolute atomic E-state index is 0.0478. The number of rotatable bonds is 7. The smallest absolute Gasteiger partial charge is 0.222 e. The molecular weight excluding hydrogens is 444 g/mol. The van der Waals surface area contributed by atoms with Crippen molar-refractivity contribution in [3.63, 3.8) is 0 Å². The predicted octanol–water partition coefficient (Wildman–Crippen LogP) is 4.88.